The average molecular weight is 371 g/mol. The Morgan fingerprint density at radius 3 is 2.68 bits per heavy atom. The summed E-state index contributed by atoms with van der Waals surface area (Å²) in [6, 6.07) is 12.5. The van der Waals surface area contributed by atoms with Crippen molar-refractivity contribution in [1.82, 2.24) is 4.98 Å². The zero-order valence-corrected chi connectivity index (χ0v) is 14.8. The molecule has 25 heavy (non-hydrogen) atoms. The van der Waals surface area contributed by atoms with Crippen molar-refractivity contribution >= 4 is 38.7 Å². The van der Waals surface area contributed by atoms with E-state index in [1.54, 1.807) is 48.7 Å². The molecule has 0 aliphatic heterocycles. The first-order chi connectivity index (χ1) is 11.9. The van der Waals surface area contributed by atoms with E-state index in [1.165, 1.54) is 11.3 Å². The molecule has 0 aliphatic rings. The molecule has 6 nitrogen and oxygen atoms in total. The Labute approximate surface area is 149 Å². The molecule has 0 saturated heterocycles. The number of nitrogens with one attached hydrogen (secondary N) is 1. The molecule has 1 aromatic carbocycles. The molecule has 0 radical (unpaired) electrons. The number of sulfonamides is 1. The van der Waals surface area contributed by atoms with E-state index >= 15 is 0 Å². The van der Waals surface area contributed by atoms with Crippen LogP contribution in [0.1, 0.15) is 10.8 Å². The third-order valence-corrected chi connectivity index (χ3v) is 4.65. The summed E-state index contributed by atoms with van der Waals surface area (Å²) in [5, 5.41) is 11.8. The number of benzene rings is 1. The van der Waals surface area contributed by atoms with Gasteiger partial charge in [0.25, 0.3) is 0 Å². The highest BCUT2D eigenvalue weighted by atomic mass is 32.2. The molecule has 0 amide bonds. The zero-order valence-electron chi connectivity index (χ0n) is 13.1. The minimum atomic E-state index is -3.31. The number of rotatable bonds is 5. The van der Waals surface area contributed by atoms with E-state index in [9.17, 15) is 13.7 Å². The van der Waals surface area contributed by atoms with Crippen LogP contribution in [0.3, 0.4) is 0 Å². The second-order valence-corrected chi connectivity index (χ2v) is 7.78. The minimum absolute atomic E-state index is 0.418. The second-order valence-electron chi connectivity index (χ2n) is 5.17. The Kier molecular flexibility index (Phi) is 4.70. The largest absolute Gasteiger partial charge is 0.465 e. The number of furan rings is 1. The summed E-state index contributed by atoms with van der Waals surface area (Å²) >= 11 is 1.36. The molecule has 0 aliphatic carbocycles. The number of aromatic nitrogens is 1. The van der Waals surface area contributed by atoms with Gasteiger partial charge in [-0.3, -0.25) is 4.72 Å². The fourth-order valence-electron chi connectivity index (χ4n) is 2.11. The molecule has 3 aromatic rings. The Morgan fingerprint density at radius 1 is 1.32 bits per heavy atom. The molecule has 0 bridgehead atoms. The van der Waals surface area contributed by atoms with Gasteiger partial charge in [0, 0.05) is 22.7 Å². The molecule has 0 spiro atoms. The van der Waals surface area contributed by atoms with Crippen molar-refractivity contribution in [3.63, 3.8) is 0 Å². The second kappa shape index (κ2) is 6.93. The lowest BCUT2D eigenvalue weighted by Gasteiger charge is -2.04. The number of hydrogen-bond acceptors (Lipinski definition) is 6. The van der Waals surface area contributed by atoms with Crippen LogP contribution in [-0.2, 0) is 10.0 Å². The van der Waals surface area contributed by atoms with Gasteiger partial charge in [0.2, 0.25) is 10.0 Å². The average Bonchev–Trinajstić information content (AvgIpc) is 3.23. The van der Waals surface area contributed by atoms with Crippen molar-refractivity contribution in [3.05, 3.63) is 58.8 Å². The van der Waals surface area contributed by atoms with Gasteiger partial charge >= 0.3 is 0 Å². The molecular formula is C17H13N3O3S2. The monoisotopic (exact) mass is 371 g/mol. The van der Waals surface area contributed by atoms with Crippen LogP contribution in [0.2, 0.25) is 0 Å². The van der Waals surface area contributed by atoms with Crippen LogP contribution in [0.15, 0.2) is 52.5 Å². The predicted molar refractivity (Wildman–Crippen MR) is 98.2 cm³/mol. The number of hydrogen-bond donors (Lipinski definition) is 1. The maximum Gasteiger partial charge on any atom is 0.229 e. The number of thiazole rings is 1. The Balaban J connectivity index is 1.85. The summed E-state index contributed by atoms with van der Waals surface area (Å²) in [6.45, 7) is 0. The van der Waals surface area contributed by atoms with Gasteiger partial charge in [0.1, 0.15) is 16.8 Å². The highest BCUT2D eigenvalue weighted by Crippen LogP contribution is 2.28. The highest BCUT2D eigenvalue weighted by molar-refractivity contribution is 7.92. The van der Waals surface area contributed by atoms with Gasteiger partial charge in [-0.2, -0.15) is 5.26 Å². The van der Waals surface area contributed by atoms with Gasteiger partial charge < -0.3 is 4.42 Å². The van der Waals surface area contributed by atoms with Crippen molar-refractivity contribution in [3.8, 4) is 17.3 Å². The maximum absolute atomic E-state index is 11.2. The van der Waals surface area contributed by atoms with Crippen molar-refractivity contribution in [2.45, 2.75) is 0 Å². The number of anilines is 1. The first-order valence-corrected chi connectivity index (χ1v) is 9.91. The lowest BCUT2D eigenvalue weighted by molar-refractivity contribution is 0.557. The third kappa shape index (κ3) is 4.35. The van der Waals surface area contributed by atoms with Crippen LogP contribution >= 0.6 is 11.3 Å². The summed E-state index contributed by atoms with van der Waals surface area (Å²) in [6.07, 6.45) is 4.28. The van der Waals surface area contributed by atoms with Gasteiger partial charge in [-0.1, -0.05) is 12.1 Å². The van der Waals surface area contributed by atoms with E-state index in [1.807, 2.05) is 5.38 Å². The summed E-state index contributed by atoms with van der Waals surface area (Å²) in [5.41, 5.74) is 2.45. The Hall–Kier alpha value is -2.89. The first kappa shape index (κ1) is 17.0. The molecule has 1 N–H and O–H groups in total. The van der Waals surface area contributed by atoms with Crippen molar-refractivity contribution < 1.29 is 12.8 Å². The van der Waals surface area contributed by atoms with E-state index < -0.39 is 10.0 Å². The van der Waals surface area contributed by atoms with E-state index in [-0.39, 0.29) is 0 Å². The molecule has 0 atom stereocenters. The van der Waals surface area contributed by atoms with Gasteiger partial charge in [-0.15, -0.1) is 11.3 Å². The molecule has 0 fully saturated rings. The van der Waals surface area contributed by atoms with Crippen LogP contribution in [-0.4, -0.2) is 19.7 Å². The SMILES string of the molecule is CS(=O)(=O)Nc1ccc(-c2csc(/C(C#N)=C/c3ccco3)n2)cc1. The van der Waals surface area contributed by atoms with Crippen LogP contribution in [0, 0.1) is 11.3 Å². The van der Waals surface area contributed by atoms with Crippen molar-refractivity contribution in [1.29, 1.82) is 5.26 Å². The third-order valence-electron chi connectivity index (χ3n) is 3.17. The summed E-state index contributed by atoms with van der Waals surface area (Å²) in [4.78, 5) is 4.48. The maximum atomic E-state index is 11.2. The smallest absolute Gasteiger partial charge is 0.229 e. The molecule has 3 rings (SSSR count). The Bertz CT molecular complexity index is 1040. The van der Waals surface area contributed by atoms with Crippen molar-refractivity contribution in [2.75, 3.05) is 11.0 Å². The molecule has 0 saturated carbocycles. The molecule has 126 valence electrons. The molecular weight excluding hydrogens is 358 g/mol. The standard InChI is InChI=1S/C17H13N3O3S2/c1-25(21,22)20-14-6-4-12(5-7-14)16-11-24-17(19-16)13(10-18)9-15-3-2-8-23-15/h2-9,11,20H,1H3/b13-9+. The predicted octanol–water partition coefficient (Wildman–Crippen LogP) is 3.84. The first-order valence-electron chi connectivity index (χ1n) is 7.14. The molecule has 0 unspecified atom stereocenters. The van der Waals surface area contributed by atoms with Crippen LogP contribution in [0.25, 0.3) is 22.9 Å². The van der Waals surface area contributed by atoms with Crippen LogP contribution in [0.5, 0.6) is 0 Å². The van der Waals surface area contributed by atoms with Gasteiger partial charge in [-0.05, 0) is 24.3 Å². The van der Waals surface area contributed by atoms with Gasteiger partial charge in [0.15, 0.2) is 0 Å². The van der Waals surface area contributed by atoms with Crippen LogP contribution in [0.4, 0.5) is 5.69 Å². The highest BCUT2D eigenvalue weighted by Gasteiger charge is 2.10. The molecule has 2 heterocycles. The number of nitrogens with zero attached hydrogens (tertiary/aromatic N) is 2. The summed E-state index contributed by atoms with van der Waals surface area (Å²) < 4.78 is 30.1. The van der Waals surface area contributed by atoms with Crippen LogP contribution < -0.4 is 4.72 Å². The van der Waals surface area contributed by atoms with E-state index in [2.05, 4.69) is 15.8 Å². The van der Waals surface area contributed by atoms with Gasteiger partial charge in [0.05, 0.1) is 23.8 Å². The number of allylic oxidation sites excluding steroid dienone is 1. The topological polar surface area (TPSA) is 96.0 Å². The fourth-order valence-corrected chi connectivity index (χ4v) is 3.47. The van der Waals surface area contributed by atoms with Crippen molar-refractivity contribution in [2.24, 2.45) is 0 Å². The quantitative estimate of drug-likeness (QED) is 0.688. The zero-order chi connectivity index (χ0) is 17.9. The van der Waals surface area contributed by atoms with E-state index in [0.717, 1.165) is 11.8 Å². The lowest BCUT2D eigenvalue weighted by atomic mass is 10.1. The Morgan fingerprint density at radius 2 is 2.08 bits per heavy atom. The normalized spacial score (nSPS) is 11.9. The fraction of sp³-hybridized carbons (Fsp3) is 0.0588. The van der Waals surface area contributed by atoms with E-state index in [0.29, 0.717) is 27.7 Å². The van der Waals surface area contributed by atoms with Gasteiger partial charge in [-0.25, -0.2) is 13.4 Å². The molecule has 8 heteroatoms. The lowest BCUT2D eigenvalue weighted by Crippen LogP contribution is -2.09. The molecule has 2 aromatic heterocycles. The number of nitriles is 1. The summed E-state index contributed by atoms with van der Waals surface area (Å²) in [7, 11) is -3.31. The minimum Gasteiger partial charge on any atom is -0.465 e. The van der Waals surface area contributed by atoms with E-state index in [4.69, 9.17) is 4.42 Å². The summed E-state index contributed by atoms with van der Waals surface area (Å²) in [5.74, 6) is 0.588.